The van der Waals surface area contributed by atoms with Crippen LogP contribution in [0.4, 0.5) is 0 Å². The Morgan fingerprint density at radius 3 is 2.66 bits per heavy atom. The maximum absolute atomic E-state index is 12.5. The van der Waals surface area contributed by atoms with Crippen molar-refractivity contribution in [2.45, 2.75) is 19.9 Å². The lowest BCUT2D eigenvalue weighted by Crippen LogP contribution is -2.27. The van der Waals surface area contributed by atoms with Gasteiger partial charge in [0.05, 0.1) is 11.0 Å². The molecule has 146 valence electrons. The van der Waals surface area contributed by atoms with Gasteiger partial charge in [-0.1, -0.05) is 58.4 Å². The number of hydrogen-bond donors (Lipinski definition) is 1. The van der Waals surface area contributed by atoms with Crippen molar-refractivity contribution in [2.75, 3.05) is 6.54 Å². The van der Waals surface area contributed by atoms with Crippen LogP contribution in [0.3, 0.4) is 0 Å². The third kappa shape index (κ3) is 4.40. The highest BCUT2D eigenvalue weighted by Crippen LogP contribution is 2.20. The fourth-order valence-electron chi connectivity index (χ4n) is 3.52. The molecule has 0 bridgehead atoms. The zero-order valence-corrected chi connectivity index (χ0v) is 17.8. The molecule has 1 heterocycles. The summed E-state index contributed by atoms with van der Waals surface area (Å²) in [6, 6.07) is 24.1. The van der Waals surface area contributed by atoms with Crippen molar-refractivity contribution in [3.8, 4) is 0 Å². The molecule has 0 saturated carbocycles. The number of halogens is 1. The molecule has 1 amide bonds. The fraction of sp³-hybridized carbons (Fsp3) is 0.167. The quantitative estimate of drug-likeness (QED) is 0.445. The molecule has 0 unspecified atom stereocenters. The number of hydrogen-bond acceptors (Lipinski definition) is 2. The highest BCUT2D eigenvalue weighted by molar-refractivity contribution is 9.10. The van der Waals surface area contributed by atoms with Crippen LogP contribution < -0.4 is 5.32 Å². The SMILES string of the molecule is Cc1ccccc1C(=O)NCCc1nc2ccccc2n1Cc1cccc(Br)c1. The minimum atomic E-state index is -0.0437. The predicted molar refractivity (Wildman–Crippen MR) is 120 cm³/mol. The van der Waals surface area contributed by atoms with Gasteiger partial charge >= 0.3 is 0 Å². The fourth-order valence-corrected chi connectivity index (χ4v) is 3.97. The number of carbonyl (C=O) groups excluding carboxylic acids is 1. The van der Waals surface area contributed by atoms with E-state index >= 15 is 0 Å². The minimum absolute atomic E-state index is 0.0437. The highest BCUT2D eigenvalue weighted by atomic mass is 79.9. The summed E-state index contributed by atoms with van der Waals surface area (Å²) in [5, 5.41) is 3.03. The van der Waals surface area contributed by atoms with Crippen LogP contribution >= 0.6 is 15.9 Å². The van der Waals surface area contributed by atoms with Crippen LogP contribution in [0.15, 0.2) is 77.3 Å². The number of nitrogens with one attached hydrogen (secondary N) is 1. The molecule has 0 fully saturated rings. The number of aromatic nitrogens is 2. The Bertz CT molecular complexity index is 1170. The summed E-state index contributed by atoms with van der Waals surface area (Å²) in [5.74, 6) is 0.925. The van der Waals surface area contributed by atoms with E-state index in [2.05, 4.69) is 44.0 Å². The van der Waals surface area contributed by atoms with Crippen molar-refractivity contribution >= 4 is 32.9 Å². The molecule has 4 rings (SSSR count). The average Bonchev–Trinajstić information content (AvgIpc) is 3.06. The van der Waals surface area contributed by atoms with E-state index in [0.717, 1.165) is 39.0 Å². The van der Waals surface area contributed by atoms with Crippen LogP contribution in [0.2, 0.25) is 0 Å². The number of aryl methyl sites for hydroxylation is 1. The van der Waals surface area contributed by atoms with Gasteiger partial charge in [0.2, 0.25) is 0 Å². The molecule has 0 aliphatic carbocycles. The molecule has 0 aliphatic rings. The minimum Gasteiger partial charge on any atom is -0.352 e. The molecular weight excluding hydrogens is 426 g/mol. The van der Waals surface area contributed by atoms with Gasteiger partial charge in [0.25, 0.3) is 5.91 Å². The lowest BCUT2D eigenvalue weighted by atomic mass is 10.1. The molecule has 1 N–H and O–H groups in total. The van der Waals surface area contributed by atoms with Crippen LogP contribution in [0.1, 0.15) is 27.3 Å². The van der Waals surface area contributed by atoms with Gasteiger partial charge < -0.3 is 9.88 Å². The van der Waals surface area contributed by atoms with Crippen molar-refractivity contribution in [3.63, 3.8) is 0 Å². The molecule has 0 aliphatic heterocycles. The number of fused-ring (bicyclic) bond motifs is 1. The van der Waals surface area contributed by atoms with Gasteiger partial charge in [-0.05, 0) is 48.4 Å². The Morgan fingerprint density at radius 1 is 1.03 bits per heavy atom. The van der Waals surface area contributed by atoms with Gasteiger partial charge in [-0.3, -0.25) is 4.79 Å². The monoisotopic (exact) mass is 447 g/mol. The van der Waals surface area contributed by atoms with Gasteiger partial charge in [0.15, 0.2) is 0 Å². The molecular formula is C24H22BrN3O. The summed E-state index contributed by atoms with van der Waals surface area (Å²) in [7, 11) is 0. The van der Waals surface area contributed by atoms with Gasteiger partial charge in [0, 0.05) is 29.5 Å². The second kappa shape index (κ2) is 8.62. The van der Waals surface area contributed by atoms with Gasteiger partial charge in [0.1, 0.15) is 5.82 Å². The molecule has 0 saturated heterocycles. The van der Waals surface area contributed by atoms with Crippen LogP contribution in [-0.2, 0) is 13.0 Å². The van der Waals surface area contributed by atoms with E-state index in [1.54, 1.807) is 0 Å². The number of amides is 1. The topological polar surface area (TPSA) is 46.9 Å². The zero-order chi connectivity index (χ0) is 20.2. The predicted octanol–water partition coefficient (Wildman–Crippen LogP) is 5.13. The summed E-state index contributed by atoms with van der Waals surface area (Å²) < 4.78 is 3.29. The van der Waals surface area contributed by atoms with E-state index in [1.165, 1.54) is 5.56 Å². The van der Waals surface area contributed by atoms with Crippen molar-refractivity contribution in [2.24, 2.45) is 0 Å². The summed E-state index contributed by atoms with van der Waals surface area (Å²) in [6.07, 6.45) is 0.667. The third-order valence-electron chi connectivity index (χ3n) is 4.99. The summed E-state index contributed by atoms with van der Waals surface area (Å²) in [6.45, 7) is 3.22. The molecule has 29 heavy (non-hydrogen) atoms. The average molecular weight is 448 g/mol. The Morgan fingerprint density at radius 2 is 1.83 bits per heavy atom. The molecule has 4 aromatic rings. The molecule has 4 nitrogen and oxygen atoms in total. The number of imidazole rings is 1. The standard InChI is InChI=1S/C24H22BrN3O/c1-17-7-2-3-10-20(17)24(29)26-14-13-23-27-21-11-4-5-12-22(21)28(23)16-18-8-6-9-19(25)15-18/h2-12,15H,13-14,16H2,1H3,(H,26,29). The van der Waals surface area contributed by atoms with Gasteiger partial charge in [-0.25, -0.2) is 4.98 Å². The van der Waals surface area contributed by atoms with Crippen molar-refractivity contribution in [1.29, 1.82) is 0 Å². The first-order valence-electron chi connectivity index (χ1n) is 9.64. The first-order chi connectivity index (χ1) is 14.1. The smallest absolute Gasteiger partial charge is 0.251 e. The van der Waals surface area contributed by atoms with Crippen LogP contribution in [0.25, 0.3) is 11.0 Å². The molecule has 0 atom stereocenters. The van der Waals surface area contributed by atoms with Crippen LogP contribution in [-0.4, -0.2) is 22.0 Å². The maximum Gasteiger partial charge on any atom is 0.251 e. The molecule has 0 spiro atoms. The van der Waals surface area contributed by atoms with Gasteiger partial charge in [-0.15, -0.1) is 0 Å². The number of para-hydroxylation sites is 2. The first kappa shape index (κ1) is 19.4. The van der Waals surface area contributed by atoms with E-state index in [1.807, 2.05) is 61.5 Å². The van der Waals surface area contributed by atoms with Crippen LogP contribution in [0.5, 0.6) is 0 Å². The van der Waals surface area contributed by atoms with Crippen molar-refractivity contribution in [1.82, 2.24) is 14.9 Å². The lowest BCUT2D eigenvalue weighted by molar-refractivity contribution is 0.0953. The third-order valence-corrected chi connectivity index (χ3v) is 5.48. The van der Waals surface area contributed by atoms with Crippen molar-refractivity contribution < 1.29 is 4.79 Å². The molecule has 1 aromatic heterocycles. The second-order valence-corrected chi connectivity index (χ2v) is 7.97. The lowest BCUT2D eigenvalue weighted by Gasteiger charge is -2.11. The number of rotatable bonds is 6. The molecule has 5 heteroatoms. The Kier molecular flexibility index (Phi) is 5.76. The Hall–Kier alpha value is -2.92. The van der Waals surface area contributed by atoms with E-state index in [4.69, 9.17) is 4.98 Å². The second-order valence-electron chi connectivity index (χ2n) is 7.05. The first-order valence-corrected chi connectivity index (χ1v) is 10.4. The molecule has 0 radical (unpaired) electrons. The summed E-state index contributed by atoms with van der Waals surface area (Å²) >= 11 is 3.55. The Balaban J connectivity index is 1.54. The largest absolute Gasteiger partial charge is 0.352 e. The zero-order valence-electron chi connectivity index (χ0n) is 16.2. The van der Waals surface area contributed by atoms with Gasteiger partial charge in [-0.2, -0.15) is 0 Å². The van der Waals surface area contributed by atoms with E-state index in [0.29, 0.717) is 13.0 Å². The number of benzene rings is 3. The number of nitrogens with zero attached hydrogens (tertiary/aromatic N) is 2. The van der Waals surface area contributed by atoms with E-state index in [-0.39, 0.29) is 5.91 Å². The van der Waals surface area contributed by atoms with Crippen LogP contribution in [0, 0.1) is 6.92 Å². The highest BCUT2D eigenvalue weighted by Gasteiger charge is 2.12. The van der Waals surface area contributed by atoms with E-state index < -0.39 is 0 Å². The summed E-state index contributed by atoms with van der Waals surface area (Å²) in [4.78, 5) is 17.3. The van der Waals surface area contributed by atoms with Crippen molar-refractivity contribution in [3.05, 3.63) is 99.8 Å². The van der Waals surface area contributed by atoms with E-state index in [9.17, 15) is 4.79 Å². The molecule has 3 aromatic carbocycles. The summed E-state index contributed by atoms with van der Waals surface area (Å²) in [5.41, 5.74) is 4.98. The number of carbonyl (C=O) groups is 1. The Labute approximate surface area is 178 Å². The maximum atomic E-state index is 12.5. The normalized spacial score (nSPS) is 11.0.